The van der Waals surface area contributed by atoms with E-state index in [2.05, 4.69) is 55.6 Å². The lowest BCUT2D eigenvalue weighted by molar-refractivity contribution is 0.630. The zero-order chi connectivity index (χ0) is 14.0. The lowest BCUT2D eigenvalue weighted by Crippen LogP contribution is -2.29. The molecule has 2 rings (SSSR count). The van der Waals surface area contributed by atoms with Crippen LogP contribution in [-0.4, -0.2) is 9.78 Å². The highest BCUT2D eigenvalue weighted by atomic mass is 15.3. The summed E-state index contributed by atoms with van der Waals surface area (Å²) in [6, 6.07) is 8.57. The van der Waals surface area contributed by atoms with E-state index in [-0.39, 0.29) is 6.04 Å². The summed E-state index contributed by atoms with van der Waals surface area (Å²) in [4.78, 5) is 0. The number of nitrogens with zero attached hydrogens (tertiary/aromatic N) is 2. The summed E-state index contributed by atoms with van der Waals surface area (Å²) < 4.78 is 1.86. The van der Waals surface area contributed by atoms with Gasteiger partial charge in [0.15, 0.2) is 0 Å². The summed E-state index contributed by atoms with van der Waals surface area (Å²) in [6.45, 7) is 6.44. The molecule has 0 saturated carbocycles. The number of nitrogens with one attached hydrogen (secondary N) is 1. The zero-order valence-electron chi connectivity index (χ0n) is 12.0. The number of nitrogens with two attached hydrogens (primary N) is 1. The van der Waals surface area contributed by atoms with Crippen molar-refractivity contribution in [3.05, 3.63) is 52.8 Å². The minimum absolute atomic E-state index is 0.0186. The molecule has 1 aromatic carbocycles. The van der Waals surface area contributed by atoms with Crippen molar-refractivity contribution < 1.29 is 0 Å². The standard InChI is InChI=1S/C15H22N4/c1-10(2)12-5-7-13(8-6-12)15(18-16)14-9-17-19(4)11(14)3/h5-10,15,18H,16H2,1-4H3. The van der Waals surface area contributed by atoms with Crippen molar-refractivity contribution in [3.63, 3.8) is 0 Å². The van der Waals surface area contributed by atoms with E-state index < -0.39 is 0 Å². The predicted octanol–water partition coefficient (Wildman–Crippen LogP) is 2.40. The van der Waals surface area contributed by atoms with Crippen molar-refractivity contribution in [2.75, 3.05) is 0 Å². The molecule has 0 radical (unpaired) electrons. The first kappa shape index (κ1) is 13.8. The van der Waals surface area contributed by atoms with Gasteiger partial charge >= 0.3 is 0 Å². The van der Waals surface area contributed by atoms with Crippen LogP contribution >= 0.6 is 0 Å². The average molecular weight is 258 g/mol. The first-order chi connectivity index (χ1) is 9.04. The van der Waals surface area contributed by atoms with Crippen molar-refractivity contribution in [2.45, 2.75) is 32.7 Å². The summed E-state index contributed by atoms with van der Waals surface area (Å²) in [5, 5.41) is 4.28. The van der Waals surface area contributed by atoms with E-state index in [1.54, 1.807) is 0 Å². The van der Waals surface area contributed by atoms with Gasteiger partial charge in [0.1, 0.15) is 0 Å². The quantitative estimate of drug-likeness (QED) is 0.654. The molecule has 0 saturated heterocycles. The fourth-order valence-corrected chi connectivity index (χ4v) is 2.24. The molecular formula is C15H22N4. The van der Waals surface area contributed by atoms with Gasteiger partial charge in [-0.25, -0.2) is 5.43 Å². The van der Waals surface area contributed by atoms with Crippen LogP contribution in [0.2, 0.25) is 0 Å². The summed E-state index contributed by atoms with van der Waals surface area (Å²) in [5.41, 5.74) is 7.61. The van der Waals surface area contributed by atoms with Gasteiger partial charge in [-0.3, -0.25) is 10.5 Å². The molecule has 4 nitrogen and oxygen atoms in total. The van der Waals surface area contributed by atoms with Crippen LogP contribution in [0.1, 0.15) is 48.2 Å². The highest BCUT2D eigenvalue weighted by molar-refractivity contribution is 5.35. The molecule has 4 heteroatoms. The van der Waals surface area contributed by atoms with Gasteiger partial charge in [0, 0.05) is 18.3 Å². The number of rotatable bonds is 4. The Labute approximate surface area is 114 Å². The smallest absolute Gasteiger partial charge is 0.0743 e. The molecule has 0 aliphatic heterocycles. The molecule has 0 fully saturated rings. The molecule has 1 aromatic heterocycles. The SMILES string of the molecule is Cc1c(C(NN)c2ccc(C(C)C)cc2)cnn1C. The Morgan fingerprint density at radius 2 is 1.74 bits per heavy atom. The molecule has 0 aliphatic carbocycles. The minimum atomic E-state index is -0.0186. The second-order valence-corrected chi connectivity index (χ2v) is 5.23. The van der Waals surface area contributed by atoms with E-state index >= 15 is 0 Å². The first-order valence-electron chi connectivity index (χ1n) is 6.59. The highest BCUT2D eigenvalue weighted by Crippen LogP contribution is 2.25. The molecule has 0 bridgehead atoms. The van der Waals surface area contributed by atoms with Gasteiger partial charge in [0.05, 0.1) is 12.2 Å². The maximum Gasteiger partial charge on any atom is 0.0743 e. The van der Waals surface area contributed by atoms with E-state index in [1.165, 1.54) is 5.56 Å². The number of aromatic nitrogens is 2. The summed E-state index contributed by atoms with van der Waals surface area (Å²) in [6.07, 6.45) is 1.87. The van der Waals surface area contributed by atoms with Gasteiger partial charge in [-0.05, 0) is 24.0 Å². The monoisotopic (exact) mass is 258 g/mol. The largest absolute Gasteiger partial charge is 0.273 e. The summed E-state index contributed by atoms with van der Waals surface area (Å²) in [5.74, 6) is 6.27. The number of hydrogen-bond acceptors (Lipinski definition) is 3. The van der Waals surface area contributed by atoms with E-state index in [0.29, 0.717) is 5.92 Å². The topological polar surface area (TPSA) is 55.9 Å². The molecule has 0 spiro atoms. The van der Waals surface area contributed by atoms with E-state index in [1.807, 2.05) is 17.9 Å². The average Bonchev–Trinajstić information content (AvgIpc) is 2.73. The molecule has 2 aromatic rings. The normalized spacial score (nSPS) is 12.9. The van der Waals surface area contributed by atoms with E-state index in [4.69, 9.17) is 5.84 Å². The van der Waals surface area contributed by atoms with Gasteiger partial charge in [0.2, 0.25) is 0 Å². The molecule has 1 unspecified atom stereocenters. The Morgan fingerprint density at radius 1 is 1.16 bits per heavy atom. The second kappa shape index (κ2) is 5.55. The Kier molecular flexibility index (Phi) is 4.02. The Bertz CT molecular complexity index is 540. The van der Waals surface area contributed by atoms with Crippen molar-refractivity contribution in [3.8, 4) is 0 Å². The maximum absolute atomic E-state index is 5.73. The predicted molar refractivity (Wildman–Crippen MR) is 77.6 cm³/mol. The Hall–Kier alpha value is -1.65. The number of hydrazine groups is 1. The number of benzene rings is 1. The first-order valence-corrected chi connectivity index (χ1v) is 6.59. The number of aryl methyl sites for hydroxylation is 1. The maximum atomic E-state index is 5.73. The third-order valence-corrected chi connectivity index (χ3v) is 3.69. The molecule has 0 amide bonds. The van der Waals surface area contributed by atoms with Gasteiger partial charge in [0.25, 0.3) is 0 Å². The van der Waals surface area contributed by atoms with Crippen LogP contribution < -0.4 is 11.3 Å². The second-order valence-electron chi connectivity index (χ2n) is 5.23. The lowest BCUT2D eigenvalue weighted by atomic mass is 9.96. The molecule has 0 aliphatic rings. The van der Waals surface area contributed by atoms with Crippen LogP contribution in [0.25, 0.3) is 0 Å². The van der Waals surface area contributed by atoms with Crippen LogP contribution in [0.3, 0.4) is 0 Å². The molecule has 3 N–H and O–H groups in total. The van der Waals surface area contributed by atoms with E-state index in [0.717, 1.165) is 16.8 Å². The lowest BCUT2D eigenvalue weighted by Gasteiger charge is -2.17. The summed E-state index contributed by atoms with van der Waals surface area (Å²) in [7, 11) is 1.94. The van der Waals surface area contributed by atoms with Crippen LogP contribution in [0.5, 0.6) is 0 Å². The third kappa shape index (κ3) is 2.69. The molecular weight excluding hydrogens is 236 g/mol. The molecule has 1 atom stereocenters. The highest BCUT2D eigenvalue weighted by Gasteiger charge is 2.17. The Balaban J connectivity index is 2.34. The van der Waals surface area contributed by atoms with Gasteiger partial charge in [-0.2, -0.15) is 5.10 Å². The Morgan fingerprint density at radius 3 is 2.16 bits per heavy atom. The van der Waals surface area contributed by atoms with Crippen molar-refractivity contribution >= 4 is 0 Å². The van der Waals surface area contributed by atoms with Crippen LogP contribution in [-0.2, 0) is 7.05 Å². The van der Waals surface area contributed by atoms with Crippen molar-refractivity contribution in [2.24, 2.45) is 12.9 Å². The van der Waals surface area contributed by atoms with Crippen LogP contribution in [0.4, 0.5) is 0 Å². The molecule has 102 valence electrons. The minimum Gasteiger partial charge on any atom is -0.273 e. The molecule has 1 heterocycles. The number of hydrogen-bond donors (Lipinski definition) is 2. The van der Waals surface area contributed by atoms with Crippen molar-refractivity contribution in [1.82, 2.24) is 15.2 Å². The van der Waals surface area contributed by atoms with Gasteiger partial charge < -0.3 is 0 Å². The fourth-order valence-electron chi connectivity index (χ4n) is 2.24. The molecule has 19 heavy (non-hydrogen) atoms. The fraction of sp³-hybridized carbons (Fsp3) is 0.400. The third-order valence-electron chi connectivity index (χ3n) is 3.69. The van der Waals surface area contributed by atoms with Crippen molar-refractivity contribution in [1.29, 1.82) is 0 Å². The van der Waals surface area contributed by atoms with Crippen LogP contribution in [0, 0.1) is 6.92 Å². The van der Waals surface area contributed by atoms with Gasteiger partial charge in [-0.1, -0.05) is 38.1 Å². The van der Waals surface area contributed by atoms with E-state index in [9.17, 15) is 0 Å². The van der Waals surface area contributed by atoms with Gasteiger partial charge in [-0.15, -0.1) is 0 Å². The zero-order valence-corrected chi connectivity index (χ0v) is 12.0. The van der Waals surface area contributed by atoms with Crippen LogP contribution in [0.15, 0.2) is 30.5 Å². The summed E-state index contributed by atoms with van der Waals surface area (Å²) >= 11 is 0.